The van der Waals surface area contributed by atoms with Gasteiger partial charge in [-0.3, -0.25) is 0 Å². The number of aryl methyl sites for hydroxylation is 1. The fourth-order valence-electron chi connectivity index (χ4n) is 1.99. The second kappa shape index (κ2) is 6.29. The summed E-state index contributed by atoms with van der Waals surface area (Å²) in [5.41, 5.74) is 2.72. The van der Waals surface area contributed by atoms with E-state index in [-0.39, 0.29) is 0 Å². The summed E-state index contributed by atoms with van der Waals surface area (Å²) in [4.78, 5) is 0. The van der Waals surface area contributed by atoms with Crippen molar-refractivity contribution in [3.63, 3.8) is 0 Å². The minimum absolute atomic E-state index is 0.607. The van der Waals surface area contributed by atoms with Gasteiger partial charge in [-0.2, -0.15) is 0 Å². The summed E-state index contributed by atoms with van der Waals surface area (Å²) >= 11 is 3.48. The number of rotatable bonds is 4. The molecule has 2 aromatic rings. The third kappa shape index (κ3) is 2.97. The lowest BCUT2D eigenvalue weighted by atomic mass is 10.00. The summed E-state index contributed by atoms with van der Waals surface area (Å²) in [5, 5.41) is 10.5. The fraction of sp³-hybridized carbons (Fsp3) is 0.250. The number of hydrogen-bond acceptors (Lipinski definition) is 3. The van der Waals surface area contributed by atoms with Crippen molar-refractivity contribution in [3.8, 4) is 11.5 Å². The molecule has 0 saturated heterocycles. The van der Waals surface area contributed by atoms with Crippen molar-refractivity contribution in [3.05, 3.63) is 57.6 Å². The average molecular weight is 337 g/mol. The molecule has 3 nitrogen and oxygen atoms in total. The Labute approximate surface area is 127 Å². The van der Waals surface area contributed by atoms with E-state index in [1.807, 2.05) is 31.2 Å². The molecule has 0 saturated carbocycles. The second-order valence-corrected chi connectivity index (χ2v) is 5.38. The van der Waals surface area contributed by atoms with E-state index >= 15 is 0 Å². The molecule has 0 heterocycles. The standard InChI is InChI=1S/C16H17BrO3/c1-10-4-5-11(8-13(10)17)16(18)12-6-7-14(19-2)15(9-12)20-3/h4-9,16,18H,1-3H3. The molecule has 0 bridgehead atoms. The molecule has 4 heteroatoms. The van der Waals surface area contributed by atoms with E-state index in [0.717, 1.165) is 21.2 Å². The Morgan fingerprint density at radius 2 is 1.55 bits per heavy atom. The van der Waals surface area contributed by atoms with E-state index in [1.54, 1.807) is 26.4 Å². The lowest BCUT2D eigenvalue weighted by Crippen LogP contribution is -2.01. The van der Waals surface area contributed by atoms with Gasteiger partial charge < -0.3 is 14.6 Å². The van der Waals surface area contributed by atoms with Crippen molar-refractivity contribution < 1.29 is 14.6 Å². The van der Waals surface area contributed by atoms with Crippen molar-refractivity contribution in [2.45, 2.75) is 13.0 Å². The molecule has 0 radical (unpaired) electrons. The summed E-state index contributed by atoms with van der Waals surface area (Å²) in [6, 6.07) is 11.2. The van der Waals surface area contributed by atoms with Gasteiger partial charge in [0.2, 0.25) is 0 Å². The largest absolute Gasteiger partial charge is 0.493 e. The van der Waals surface area contributed by atoms with Crippen molar-refractivity contribution in [2.24, 2.45) is 0 Å². The Kier molecular flexibility index (Phi) is 4.68. The Morgan fingerprint density at radius 3 is 2.15 bits per heavy atom. The molecule has 106 valence electrons. The summed E-state index contributed by atoms with van der Waals surface area (Å²) in [6.45, 7) is 2.01. The number of halogens is 1. The summed E-state index contributed by atoms with van der Waals surface area (Å²) in [7, 11) is 3.17. The molecule has 0 aliphatic heterocycles. The lowest BCUT2D eigenvalue weighted by molar-refractivity contribution is 0.219. The van der Waals surface area contributed by atoms with Crippen LogP contribution in [0.2, 0.25) is 0 Å². The predicted octanol–water partition coefficient (Wildman–Crippen LogP) is 3.86. The highest BCUT2D eigenvalue weighted by molar-refractivity contribution is 9.10. The SMILES string of the molecule is COc1ccc(C(O)c2ccc(C)c(Br)c2)cc1OC. The molecule has 0 amide bonds. The van der Waals surface area contributed by atoms with Crippen LogP contribution in [0.5, 0.6) is 11.5 Å². The Morgan fingerprint density at radius 1 is 0.950 bits per heavy atom. The summed E-state index contributed by atoms with van der Waals surface area (Å²) in [6.07, 6.45) is -0.702. The van der Waals surface area contributed by atoms with Gasteiger partial charge in [0.15, 0.2) is 11.5 Å². The third-order valence-corrected chi connectivity index (χ3v) is 4.09. The van der Waals surface area contributed by atoms with Crippen molar-refractivity contribution in [1.82, 2.24) is 0 Å². The molecule has 1 N–H and O–H groups in total. The highest BCUT2D eigenvalue weighted by Gasteiger charge is 2.14. The zero-order valence-electron chi connectivity index (χ0n) is 11.7. The zero-order chi connectivity index (χ0) is 14.7. The zero-order valence-corrected chi connectivity index (χ0v) is 13.3. The van der Waals surface area contributed by atoms with E-state index < -0.39 is 6.10 Å². The molecule has 1 atom stereocenters. The molecule has 0 aromatic heterocycles. The Balaban J connectivity index is 2.37. The first-order valence-corrected chi connectivity index (χ1v) is 7.02. The van der Waals surface area contributed by atoms with E-state index in [4.69, 9.17) is 9.47 Å². The number of benzene rings is 2. The van der Waals surface area contributed by atoms with Gasteiger partial charge in [0.25, 0.3) is 0 Å². The maximum atomic E-state index is 10.5. The number of aliphatic hydroxyl groups excluding tert-OH is 1. The van der Waals surface area contributed by atoms with Crippen LogP contribution in [-0.2, 0) is 0 Å². The summed E-state index contributed by atoms with van der Waals surface area (Å²) < 4.78 is 11.4. The molecule has 0 spiro atoms. The monoisotopic (exact) mass is 336 g/mol. The molecular formula is C16H17BrO3. The lowest BCUT2D eigenvalue weighted by Gasteiger charge is -2.15. The number of ether oxygens (including phenoxy) is 2. The van der Waals surface area contributed by atoms with Crippen LogP contribution in [0, 0.1) is 6.92 Å². The minimum Gasteiger partial charge on any atom is -0.493 e. The molecule has 1 unspecified atom stereocenters. The topological polar surface area (TPSA) is 38.7 Å². The molecule has 2 rings (SSSR count). The minimum atomic E-state index is -0.702. The summed E-state index contributed by atoms with van der Waals surface area (Å²) in [5.74, 6) is 1.25. The molecule has 0 aliphatic rings. The molecule has 0 fully saturated rings. The van der Waals surface area contributed by atoms with Gasteiger partial charge in [-0.25, -0.2) is 0 Å². The van der Waals surface area contributed by atoms with Gasteiger partial charge in [0.05, 0.1) is 14.2 Å². The number of aliphatic hydroxyl groups is 1. The third-order valence-electron chi connectivity index (χ3n) is 3.23. The van der Waals surface area contributed by atoms with E-state index in [9.17, 15) is 5.11 Å². The maximum absolute atomic E-state index is 10.5. The van der Waals surface area contributed by atoms with Crippen LogP contribution in [-0.4, -0.2) is 19.3 Å². The van der Waals surface area contributed by atoms with Crippen LogP contribution in [0.4, 0.5) is 0 Å². The quantitative estimate of drug-likeness (QED) is 0.921. The molecule has 2 aromatic carbocycles. The predicted molar refractivity (Wildman–Crippen MR) is 82.5 cm³/mol. The van der Waals surface area contributed by atoms with Crippen molar-refractivity contribution in [1.29, 1.82) is 0 Å². The van der Waals surface area contributed by atoms with Gasteiger partial charge >= 0.3 is 0 Å². The van der Waals surface area contributed by atoms with Crippen LogP contribution in [0.1, 0.15) is 22.8 Å². The first-order valence-electron chi connectivity index (χ1n) is 6.23. The van der Waals surface area contributed by atoms with Gasteiger partial charge in [-0.05, 0) is 41.8 Å². The first kappa shape index (κ1) is 14.9. The van der Waals surface area contributed by atoms with Crippen molar-refractivity contribution in [2.75, 3.05) is 14.2 Å². The van der Waals surface area contributed by atoms with Gasteiger partial charge in [0.1, 0.15) is 6.10 Å². The molecule has 20 heavy (non-hydrogen) atoms. The van der Waals surface area contributed by atoms with Crippen molar-refractivity contribution >= 4 is 15.9 Å². The smallest absolute Gasteiger partial charge is 0.161 e. The maximum Gasteiger partial charge on any atom is 0.161 e. The van der Waals surface area contributed by atoms with Crippen LogP contribution < -0.4 is 9.47 Å². The molecule has 0 aliphatic carbocycles. The normalized spacial score (nSPS) is 12.1. The van der Waals surface area contributed by atoms with Gasteiger partial charge in [0, 0.05) is 4.47 Å². The Hall–Kier alpha value is -1.52. The van der Waals surface area contributed by atoms with Crippen LogP contribution in [0.15, 0.2) is 40.9 Å². The highest BCUT2D eigenvalue weighted by Crippen LogP contribution is 2.33. The number of methoxy groups -OCH3 is 2. The fourth-order valence-corrected chi connectivity index (χ4v) is 2.39. The van der Waals surface area contributed by atoms with Gasteiger partial charge in [-0.15, -0.1) is 0 Å². The second-order valence-electron chi connectivity index (χ2n) is 4.53. The van der Waals surface area contributed by atoms with Gasteiger partial charge in [-0.1, -0.05) is 34.1 Å². The first-order chi connectivity index (χ1) is 9.56. The highest BCUT2D eigenvalue weighted by atomic mass is 79.9. The van der Waals surface area contributed by atoms with E-state index in [0.29, 0.717) is 11.5 Å². The number of hydrogen-bond donors (Lipinski definition) is 1. The Bertz CT molecular complexity index is 611. The molecular weight excluding hydrogens is 320 g/mol. The van der Waals surface area contributed by atoms with Crippen LogP contribution >= 0.6 is 15.9 Å². The van der Waals surface area contributed by atoms with E-state index in [2.05, 4.69) is 15.9 Å². The van der Waals surface area contributed by atoms with Crippen LogP contribution in [0.25, 0.3) is 0 Å². The van der Waals surface area contributed by atoms with E-state index in [1.165, 1.54) is 0 Å². The van der Waals surface area contributed by atoms with Crippen LogP contribution in [0.3, 0.4) is 0 Å². The average Bonchev–Trinajstić information content (AvgIpc) is 2.48.